The molecule has 2 saturated carbocycles. The molecule has 3 atom stereocenters. The fourth-order valence-electron chi connectivity index (χ4n) is 3.79. The maximum atomic E-state index is 11.6. The first-order valence-corrected chi connectivity index (χ1v) is 6.04. The summed E-state index contributed by atoms with van der Waals surface area (Å²) in [7, 11) is 0. The Balaban J connectivity index is 2.36. The van der Waals surface area contributed by atoms with E-state index in [0.29, 0.717) is 18.9 Å². The van der Waals surface area contributed by atoms with Crippen LogP contribution in [-0.2, 0) is 9.59 Å². The number of carbonyl (C=O) groups is 2. The molecule has 0 aliphatic heterocycles. The van der Waals surface area contributed by atoms with E-state index in [1.165, 1.54) is 6.92 Å². The molecular formula is C12H19NO3. The first-order valence-electron chi connectivity index (χ1n) is 6.04. The Morgan fingerprint density at radius 2 is 2.12 bits per heavy atom. The van der Waals surface area contributed by atoms with E-state index in [-0.39, 0.29) is 11.8 Å². The van der Waals surface area contributed by atoms with Gasteiger partial charge in [0.25, 0.3) is 0 Å². The number of carboxylic acid groups (broad SMARTS) is 1. The number of hydrogen-bond acceptors (Lipinski definition) is 2. The molecule has 2 rings (SSSR count). The smallest absolute Gasteiger partial charge is 0.329 e. The van der Waals surface area contributed by atoms with Crippen LogP contribution in [0.2, 0.25) is 0 Å². The number of nitrogens with zero attached hydrogens (tertiary/aromatic N) is 1. The zero-order valence-corrected chi connectivity index (χ0v) is 9.90. The Labute approximate surface area is 95.6 Å². The summed E-state index contributed by atoms with van der Waals surface area (Å²) in [5, 5.41) is 9.54. The van der Waals surface area contributed by atoms with Gasteiger partial charge in [0, 0.05) is 13.5 Å². The van der Waals surface area contributed by atoms with Crippen LogP contribution in [0.1, 0.15) is 39.5 Å². The Morgan fingerprint density at radius 1 is 1.44 bits per heavy atom. The van der Waals surface area contributed by atoms with E-state index in [9.17, 15) is 14.7 Å². The molecule has 2 aliphatic carbocycles. The van der Waals surface area contributed by atoms with Gasteiger partial charge in [-0.2, -0.15) is 0 Å². The summed E-state index contributed by atoms with van der Waals surface area (Å²) in [4.78, 5) is 24.8. The number of carbonyl (C=O) groups excluding carboxylic acids is 1. The minimum absolute atomic E-state index is 0.113. The van der Waals surface area contributed by atoms with Crippen molar-refractivity contribution >= 4 is 11.9 Å². The van der Waals surface area contributed by atoms with Gasteiger partial charge in [-0.05, 0) is 44.4 Å². The number of likely N-dealkylation sites (N-methyl/N-ethyl adjacent to an activating group) is 1. The van der Waals surface area contributed by atoms with Crippen LogP contribution >= 0.6 is 0 Å². The van der Waals surface area contributed by atoms with Gasteiger partial charge >= 0.3 is 5.97 Å². The van der Waals surface area contributed by atoms with Crippen molar-refractivity contribution in [2.24, 2.45) is 11.8 Å². The van der Waals surface area contributed by atoms with Crippen LogP contribution in [-0.4, -0.2) is 34.0 Å². The van der Waals surface area contributed by atoms with E-state index in [4.69, 9.17) is 0 Å². The molecule has 4 nitrogen and oxygen atoms in total. The van der Waals surface area contributed by atoms with Gasteiger partial charge in [0.15, 0.2) is 0 Å². The second-order valence-corrected chi connectivity index (χ2v) is 5.07. The van der Waals surface area contributed by atoms with E-state index in [2.05, 4.69) is 0 Å². The van der Waals surface area contributed by atoms with Crippen molar-refractivity contribution in [3.63, 3.8) is 0 Å². The molecule has 1 amide bonds. The van der Waals surface area contributed by atoms with Gasteiger partial charge in [0.1, 0.15) is 5.54 Å². The Kier molecular flexibility index (Phi) is 2.68. The summed E-state index contributed by atoms with van der Waals surface area (Å²) in [5.74, 6) is -0.248. The minimum Gasteiger partial charge on any atom is -0.479 e. The van der Waals surface area contributed by atoms with Crippen LogP contribution < -0.4 is 0 Å². The SMILES string of the molecule is CCN(C(C)=O)C1(C(=O)O)CC2CCC1C2. The molecule has 90 valence electrons. The third-order valence-electron chi connectivity index (χ3n) is 4.36. The standard InChI is InChI=1S/C12H19NO3/c1-3-13(8(2)14)12(11(15)16)7-9-4-5-10(12)6-9/h9-10H,3-7H2,1-2H3,(H,15,16). The van der Waals surface area contributed by atoms with E-state index in [1.54, 1.807) is 4.90 Å². The zero-order chi connectivity index (χ0) is 11.9. The van der Waals surface area contributed by atoms with E-state index in [0.717, 1.165) is 19.3 Å². The number of carboxylic acids is 1. The second kappa shape index (κ2) is 3.75. The lowest BCUT2D eigenvalue weighted by Crippen LogP contribution is -2.59. The Hall–Kier alpha value is -1.06. The molecule has 0 radical (unpaired) electrons. The summed E-state index contributed by atoms with van der Waals surface area (Å²) in [6.07, 6.45) is 3.73. The summed E-state index contributed by atoms with van der Waals surface area (Å²) in [5.41, 5.74) is -0.899. The van der Waals surface area contributed by atoms with Crippen LogP contribution in [0, 0.1) is 11.8 Å². The molecule has 4 heteroatoms. The molecule has 16 heavy (non-hydrogen) atoms. The van der Waals surface area contributed by atoms with Crippen molar-refractivity contribution in [1.82, 2.24) is 4.90 Å². The van der Waals surface area contributed by atoms with Gasteiger partial charge in [-0.15, -0.1) is 0 Å². The first-order chi connectivity index (χ1) is 7.52. The third kappa shape index (κ3) is 1.35. The van der Waals surface area contributed by atoms with E-state index in [1.807, 2.05) is 6.92 Å². The van der Waals surface area contributed by atoms with Gasteiger partial charge in [-0.25, -0.2) is 4.79 Å². The van der Waals surface area contributed by atoms with Crippen molar-refractivity contribution in [2.45, 2.75) is 45.1 Å². The fraction of sp³-hybridized carbons (Fsp3) is 0.833. The molecule has 0 aromatic heterocycles. The number of hydrogen-bond donors (Lipinski definition) is 1. The highest BCUT2D eigenvalue weighted by Crippen LogP contribution is 2.53. The topological polar surface area (TPSA) is 57.6 Å². The largest absolute Gasteiger partial charge is 0.479 e. The Morgan fingerprint density at radius 3 is 2.44 bits per heavy atom. The van der Waals surface area contributed by atoms with Crippen LogP contribution in [0.25, 0.3) is 0 Å². The highest BCUT2D eigenvalue weighted by Gasteiger charge is 2.59. The normalized spacial score (nSPS) is 36.4. The van der Waals surface area contributed by atoms with Crippen molar-refractivity contribution in [3.05, 3.63) is 0 Å². The molecule has 2 bridgehead atoms. The number of amides is 1. The highest BCUT2D eigenvalue weighted by atomic mass is 16.4. The van der Waals surface area contributed by atoms with Crippen LogP contribution in [0.5, 0.6) is 0 Å². The van der Waals surface area contributed by atoms with Crippen LogP contribution in [0.4, 0.5) is 0 Å². The molecule has 2 fully saturated rings. The van der Waals surface area contributed by atoms with Crippen LogP contribution in [0.15, 0.2) is 0 Å². The molecule has 2 aliphatic rings. The average Bonchev–Trinajstić information content (AvgIpc) is 2.78. The lowest BCUT2D eigenvalue weighted by atomic mass is 9.79. The van der Waals surface area contributed by atoms with E-state index >= 15 is 0 Å². The molecule has 3 unspecified atom stereocenters. The highest BCUT2D eigenvalue weighted by molar-refractivity contribution is 5.87. The maximum Gasteiger partial charge on any atom is 0.329 e. The van der Waals surface area contributed by atoms with Gasteiger partial charge in [-0.1, -0.05) is 0 Å². The number of rotatable bonds is 3. The molecule has 0 aromatic rings. The minimum atomic E-state index is -0.899. The second-order valence-electron chi connectivity index (χ2n) is 5.07. The predicted octanol–water partition coefficient (Wildman–Crippen LogP) is 1.50. The molecular weight excluding hydrogens is 206 g/mol. The lowest BCUT2D eigenvalue weighted by molar-refractivity contribution is -0.162. The van der Waals surface area contributed by atoms with Gasteiger partial charge in [-0.3, -0.25) is 4.79 Å². The third-order valence-corrected chi connectivity index (χ3v) is 4.36. The molecule has 0 spiro atoms. The van der Waals surface area contributed by atoms with Gasteiger partial charge in [0.05, 0.1) is 0 Å². The lowest BCUT2D eigenvalue weighted by Gasteiger charge is -2.42. The number of fused-ring (bicyclic) bond motifs is 2. The van der Waals surface area contributed by atoms with Crippen molar-refractivity contribution in [3.8, 4) is 0 Å². The van der Waals surface area contributed by atoms with Crippen molar-refractivity contribution < 1.29 is 14.7 Å². The summed E-state index contributed by atoms with van der Waals surface area (Å²) in [6.45, 7) is 3.82. The molecule has 0 aromatic carbocycles. The Bertz CT molecular complexity index is 328. The molecule has 0 heterocycles. The summed E-state index contributed by atoms with van der Waals surface area (Å²) >= 11 is 0. The van der Waals surface area contributed by atoms with Crippen molar-refractivity contribution in [2.75, 3.05) is 6.54 Å². The van der Waals surface area contributed by atoms with Gasteiger partial charge in [0.2, 0.25) is 5.91 Å². The quantitative estimate of drug-likeness (QED) is 0.791. The van der Waals surface area contributed by atoms with Gasteiger partial charge < -0.3 is 10.0 Å². The van der Waals surface area contributed by atoms with E-state index < -0.39 is 11.5 Å². The molecule has 0 saturated heterocycles. The van der Waals surface area contributed by atoms with Crippen LogP contribution in [0.3, 0.4) is 0 Å². The summed E-state index contributed by atoms with van der Waals surface area (Å²) < 4.78 is 0. The molecule has 1 N–H and O–H groups in total. The predicted molar refractivity (Wildman–Crippen MR) is 58.9 cm³/mol. The zero-order valence-electron chi connectivity index (χ0n) is 9.90. The monoisotopic (exact) mass is 225 g/mol. The summed E-state index contributed by atoms with van der Waals surface area (Å²) in [6, 6.07) is 0. The first kappa shape index (κ1) is 11.4. The van der Waals surface area contributed by atoms with Crippen molar-refractivity contribution in [1.29, 1.82) is 0 Å². The fourth-order valence-corrected chi connectivity index (χ4v) is 3.79. The average molecular weight is 225 g/mol. The maximum absolute atomic E-state index is 11.6. The number of aliphatic carboxylic acids is 1.